The zero-order chi connectivity index (χ0) is 15.4. The van der Waals surface area contributed by atoms with Crippen molar-refractivity contribution in [1.29, 1.82) is 0 Å². The summed E-state index contributed by atoms with van der Waals surface area (Å²) in [5.74, 6) is 2.35. The molecule has 0 radical (unpaired) electrons. The number of rotatable bonds is 6. The Kier molecular flexibility index (Phi) is 4.87. The van der Waals surface area contributed by atoms with Crippen molar-refractivity contribution in [1.82, 2.24) is 19.9 Å². The van der Waals surface area contributed by atoms with Crippen molar-refractivity contribution in [3.8, 4) is 11.6 Å². The summed E-state index contributed by atoms with van der Waals surface area (Å²) >= 11 is 0. The Bertz CT molecular complexity index is 599. The average Bonchev–Trinajstić information content (AvgIpc) is 3.20. The van der Waals surface area contributed by atoms with Gasteiger partial charge in [0.05, 0.1) is 18.3 Å². The molecule has 0 bridgehead atoms. The molecule has 1 saturated carbocycles. The molecule has 0 N–H and O–H groups in total. The van der Waals surface area contributed by atoms with Crippen LogP contribution in [0.2, 0.25) is 0 Å². The zero-order valence-corrected chi connectivity index (χ0v) is 13.4. The summed E-state index contributed by atoms with van der Waals surface area (Å²) in [5.41, 5.74) is 0.951. The first-order valence-electron chi connectivity index (χ1n) is 8.22. The van der Waals surface area contributed by atoms with Gasteiger partial charge in [-0.05, 0) is 19.3 Å². The van der Waals surface area contributed by atoms with Crippen molar-refractivity contribution >= 4 is 0 Å². The molecule has 1 aliphatic carbocycles. The number of nitrogens with zero attached hydrogens (tertiary/aromatic N) is 4. The topological polar surface area (TPSA) is 66.0 Å². The lowest BCUT2D eigenvalue weighted by Crippen LogP contribution is -2.15. The van der Waals surface area contributed by atoms with Gasteiger partial charge in [-0.3, -0.25) is 0 Å². The quantitative estimate of drug-likeness (QED) is 0.820. The fourth-order valence-electron chi connectivity index (χ4n) is 3.00. The molecule has 0 aliphatic heterocycles. The van der Waals surface area contributed by atoms with Crippen LogP contribution in [0.1, 0.15) is 56.6 Å². The fourth-order valence-corrected chi connectivity index (χ4v) is 3.00. The van der Waals surface area contributed by atoms with E-state index in [4.69, 9.17) is 14.4 Å². The third kappa shape index (κ3) is 3.21. The summed E-state index contributed by atoms with van der Waals surface area (Å²) in [4.78, 5) is 4.68. The van der Waals surface area contributed by atoms with E-state index in [1.807, 2.05) is 6.07 Å². The van der Waals surface area contributed by atoms with Crippen LogP contribution in [0.25, 0.3) is 11.6 Å². The van der Waals surface area contributed by atoms with Gasteiger partial charge >= 0.3 is 0 Å². The standard InChI is InChI=1S/C16H24N4O2/c1-3-12-11-14(22-19-12)16-17-15(9-10-21-2)18-20(16)13-7-5-4-6-8-13/h11,13H,3-10H2,1-2H3. The molecule has 22 heavy (non-hydrogen) atoms. The highest BCUT2D eigenvalue weighted by Gasteiger charge is 2.24. The van der Waals surface area contributed by atoms with Crippen molar-refractivity contribution in [2.24, 2.45) is 0 Å². The second kappa shape index (κ2) is 7.05. The Labute approximate surface area is 130 Å². The molecule has 3 rings (SSSR count). The SMILES string of the molecule is CCc1cc(-c2nc(CCOC)nn2C2CCCCC2)on1. The van der Waals surface area contributed by atoms with E-state index < -0.39 is 0 Å². The molecule has 120 valence electrons. The highest BCUT2D eigenvalue weighted by atomic mass is 16.5. The molecule has 1 aliphatic rings. The third-order valence-corrected chi connectivity index (χ3v) is 4.27. The van der Waals surface area contributed by atoms with Crippen LogP contribution in [-0.2, 0) is 17.6 Å². The second-order valence-corrected chi connectivity index (χ2v) is 5.87. The maximum absolute atomic E-state index is 5.49. The van der Waals surface area contributed by atoms with Gasteiger partial charge in [0.15, 0.2) is 11.6 Å². The molecule has 0 saturated heterocycles. The molecule has 6 heteroatoms. The number of aryl methyl sites for hydroxylation is 1. The van der Waals surface area contributed by atoms with Crippen LogP contribution in [0.15, 0.2) is 10.6 Å². The molecular formula is C16H24N4O2. The zero-order valence-electron chi connectivity index (χ0n) is 13.4. The van der Waals surface area contributed by atoms with Crippen LogP contribution in [-0.4, -0.2) is 33.6 Å². The summed E-state index contributed by atoms with van der Waals surface area (Å²) in [7, 11) is 1.70. The Morgan fingerprint density at radius 3 is 2.82 bits per heavy atom. The first-order valence-corrected chi connectivity index (χ1v) is 8.22. The summed E-state index contributed by atoms with van der Waals surface area (Å²) in [6.45, 7) is 2.70. The molecule has 0 atom stereocenters. The summed E-state index contributed by atoms with van der Waals surface area (Å²) < 4.78 is 12.7. The predicted molar refractivity (Wildman–Crippen MR) is 82.6 cm³/mol. The van der Waals surface area contributed by atoms with Gasteiger partial charge in [-0.2, -0.15) is 5.10 Å². The van der Waals surface area contributed by atoms with E-state index in [0.717, 1.165) is 48.8 Å². The van der Waals surface area contributed by atoms with Gasteiger partial charge in [-0.15, -0.1) is 0 Å². The van der Waals surface area contributed by atoms with Crippen LogP contribution in [0.5, 0.6) is 0 Å². The highest BCUT2D eigenvalue weighted by molar-refractivity contribution is 5.47. The minimum atomic E-state index is 0.419. The molecule has 0 amide bonds. The fraction of sp³-hybridized carbons (Fsp3) is 0.688. The van der Waals surface area contributed by atoms with Gasteiger partial charge in [0.25, 0.3) is 0 Å². The number of hydrogen-bond acceptors (Lipinski definition) is 5. The van der Waals surface area contributed by atoms with E-state index in [1.54, 1.807) is 7.11 Å². The van der Waals surface area contributed by atoms with Gasteiger partial charge in [0.1, 0.15) is 0 Å². The van der Waals surface area contributed by atoms with E-state index in [1.165, 1.54) is 19.3 Å². The molecule has 2 aromatic rings. The normalized spacial score (nSPS) is 16.3. The highest BCUT2D eigenvalue weighted by Crippen LogP contribution is 2.31. The van der Waals surface area contributed by atoms with Crippen molar-refractivity contribution in [2.75, 3.05) is 13.7 Å². The monoisotopic (exact) mass is 304 g/mol. The number of methoxy groups -OCH3 is 1. The van der Waals surface area contributed by atoms with Crippen molar-refractivity contribution in [3.63, 3.8) is 0 Å². The van der Waals surface area contributed by atoms with E-state index >= 15 is 0 Å². The van der Waals surface area contributed by atoms with Crippen molar-refractivity contribution in [3.05, 3.63) is 17.6 Å². The predicted octanol–water partition coefficient (Wildman–Crippen LogP) is 3.19. The van der Waals surface area contributed by atoms with E-state index in [0.29, 0.717) is 12.6 Å². The van der Waals surface area contributed by atoms with Gasteiger partial charge in [-0.1, -0.05) is 31.3 Å². The van der Waals surface area contributed by atoms with Crippen LogP contribution in [0, 0.1) is 0 Å². The lowest BCUT2D eigenvalue weighted by Gasteiger charge is -2.22. The van der Waals surface area contributed by atoms with Crippen molar-refractivity contribution in [2.45, 2.75) is 57.9 Å². The second-order valence-electron chi connectivity index (χ2n) is 5.87. The maximum atomic E-state index is 5.49. The Balaban J connectivity index is 1.92. The molecule has 6 nitrogen and oxygen atoms in total. The molecule has 0 spiro atoms. The molecule has 0 aromatic carbocycles. The van der Waals surface area contributed by atoms with E-state index in [2.05, 4.69) is 21.7 Å². The first kappa shape index (κ1) is 15.2. The maximum Gasteiger partial charge on any atom is 0.204 e. The molecule has 1 fully saturated rings. The van der Waals surface area contributed by atoms with E-state index in [-0.39, 0.29) is 0 Å². The third-order valence-electron chi connectivity index (χ3n) is 4.27. The number of ether oxygens (including phenoxy) is 1. The van der Waals surface area contributed by atoms with Gasteiger partial charge in [-0.25, -0.2) is 9.67 Å². The average molecular weight is 304 g/mol. The van der Waals surface area contributed by atoms with Gasteiger partial charge in [0.2, 0.25) is 5.76 Å². The Morgan fingerprint density at radius 2 is 2.14 bits per heavy atom. The minimum Gasteiger partial charge on any atom is -0.384 e. The first-order chi connectivity index (χ1) is 10.8. The van der Waals surface area contributed by atoms with Crippen LogP contribution < -0.4 is 0 Å². The lowest BCUT2D eigenvalue weighted by atomic mass is 9.95. The Hall–Kier alpha value is -1.69. The van der Waals surface area contributed by atoms with Crippen LogP contribution >= 0.6 is 0 Å². The Morgan fingerprint density at radius 1 is 1.32 bits per heavy atom. The largest absolute Gasteiger partial charge is 0.384 e. The smallest absolute Gasteiger partial charge is 0.204 e. The molecule has 2 aromatic heterocycles. The van der Waals surface area contributed by atoms with Gasteiger partial charge < -0.3 is 9.26 Å². The molecule has 0 unspecified atom stereocenters. The minimum absolute atomic E-state index is 0.419. The van der Waals surface area contributed by atoms with Gasteiger partial charge in [0, 0.05) is 19.6 Å². The number of hydrogen-bond donors (Lipinski definition) is 0. The summed E-state index contributed by atoms with van der Waals surface area (Å²) in [5, 5.41) is 8.81. The summed E-state index contributed by atoms with van der Waals surface area (Å²) in [6, 6.07) is 2.39. The summed E-state index contributed by atoms with van der Waals surface area (Å²) in [6.07, 6.45) is 7.74. The number of aromatic nitrogens is 4. The van der Waals surface area contributed by atoms with Crippen molar-refractivity contribution < 1.29 is 9.26 Å². The molecular weight excluding hydrogens is 280 g/mol. The molecule has 2 heterocycles. The van der Waals surface area contributed by atoms with Crippen LogP contribution in [0.3, 0.4) is 0 Å². The van der Waals surface area contributed by atoms with E-state index in [9.17, 15) is 0 Å². The lowest BCUT2D eigenvalue weighted by molar-refractivity contribution is 0.200. The van der Waals surface area contributed by atoms with Crippen LogP contribution in [0.4, 0.5) is 0 Å².